The van der Waals surface area contributed by atoms with E-state index >= 15 is 0 Å². The molecule has 0 radical (unpaired) electrons. The molecule has 0 spiro atoms. The highest BCUT2D eigenvalue weighted by Crippen LogP contribution is 2.25. The smallest absolute Gasteiger partial charge is 0.309 e. The van der Waals surface area contributed by atoms with Crippen molar-refractivity contribution >= 4 is 35.2 Å². The molecule has 0 aliphatic heterocycles. The maximum absolute atomic E-state index is 12.0. The number of halogens is 1. The summed E-state index contributed by atoms with van der Waals surface area (Å²) < 4.78 is 0. The average Bonchev–Trinajstić information content (AvgIpc) is 2.40. The van der Waals surface area contributed by atoms with Gasteiger partial charge in [0.2, 0.25) is 5.91 Å². The van der Waals surface area contributed by atoms with Crippen molar-refractivity contribution < 1.29 is 14.7 Å². The number of benzene rings is 1. The molecule has 1 atom stereocenters. The van der Waals surface area contributed by atoms with E-state index in [-0.39, 0.29) is 11.2 Å². The van der Waals surface area contributed by atoms with Crippen LogP contribution in [-0.2, 0) is 9.59 Å². The van der Waals surface area contributed by atoms with Gasteiger partial charge in [-0.15, -0.1) is 11.8 Å². The van der Waals surface area contributed by atoms with Crippen LogP contribution in [0.15, 0.2) is 29.2 Å². The Hall–Kier alpha value is -1.20. The van der Waals surface area contributed by atoms with Crippen LogP contribution in [0, 0.1) is 5.41 Å². The van der Waals surface area contributed by atoms with Gasteiger partial charge >= 0.3 is 5.97 Å². The van der Waals surface area contributed by atoms with Crippen molar-refractivity contribution in [2.45, 2.75) is 37.3 Å². The predicted octanol–water partition coefficient (Wildman–Crippen LogP) is 3.44. The molecule has 0 saturated heterocycles. The Bertz CT molecular complexity index is 502. The Morgan fingerprint density at radius 1 is 1.33 bits per heavy atom. The minimum Gasteiger partial charge on any atom is -0.481 e. The normalized spacial score (nSPS) is 12.8. The Morgan fingerprint density at radius 2 is 1.90 bits per heavy atom. The second-order valence-corrected chi connectivity index (χ2v) is 7.29. The molecule has 2 N–H and O–H groups in total. The van der Waals surface area contributed by atoms with Crippen LogP contribution < -0.4 is 5.32 Å². The minimum atomic E-state index is -0.861. The minimum absolute atomic E-state index is 0.101. The lowest BCUT2D eigenvalue weighted by molar-refractivity contribution is -0.147. The summed E-state index contributed by atoms with van der Waals surface area (Å²) in [6.07, 6.45) is 0.395. The van der Waals surface area contributed by atoms with Gasteiger partial charge in [-0.1, -0.05) is 11.6 Å². The lowest BCUT2D eigenvalue weighted by Crippen LogP contribution is -2.35. The van der Waals surface area contributed by atoms with Gasteiger partial charge < -0.3 is 10.4 Å². The van der Waals surface area contributed by atoms with Crippen molar-refractivity contribution in [2.24, 2.45) is 5.41 Å². The van der Waals surface area contributed by atoms with E-state index in [4.69, 9.17) is 16.7 Å². The summed E-state index contributed by atoms with van der Waals surface area (Å²) in [5.41, 5.74) is -0.833. The summed E-state index contributed by atoms with van der Waals surface area (Å²) in [6.45, 7) is 5.46. The first-order valence-corrected chi connectivity index (χ1v) is 7.91. The van der Waals surface area contributed by atoms with Crippen molar-refractivity contribution in [1.82, 2.24) is 5.32 Å². The number of carbonyl (C=O) groups is 2. The molecule has 0 fully saturated rings. The topological polar surface area (TPSA) is 66.4 Å². The van der Waals surface area contributed by atoms with E-state index in [1.165, 1.54) is 11.8 Å². The molecule has 0 aliphatic rings. The number of amides is 1. The van der Waals surface area contributed by atoms with Crippen LogP contribution in [0.1, 0.15) is 27.2 Å². The molecule has 116 valence electrons. The Kier molecular flexibility index (Phi) is 6.55. The molecule has 0 aliphatic carbocycles. The zero-order valence-electron chi connectivity index (χ0n) is 12.4. The average molecular weight is 330 g/mol. The van der Waals surface area contributed by atoms with E-state index in [0.717, 1.165) is 4.90 Å². The first-order valence-electron chi connectivity index (χ1n) is 6.66. The first-order chi connectivity index (χ1) is 9.72. The van der Waals surface area contributed by atoms with Gasteiger partial charge in [0, 0.05) is 16.5 Å². The number of carboxylic acids is 1. The number of aliphatic carboxylic acids is 1. The van der Waals surface area contributed by atoms with Crippen LogP contribution in [0.2, 0.25) is 5.02 Å². The summed E-state index contributed by atoms with van der Waals surface area (Å²) >= 11 is 7.25. The van der Waals surface area contributed by atoms with Crippen molar-refractivity contribution in [1.29, 1.82) is 0 Å². The predicted molar refractivity (Wildman–Crippen MR) is 85.8 cm³/mol. The fourth-order valence-corrected chi connectivity index (χ4v) is 2.54. The number of hydrogen-bond acceptors (Lipinski definition) is 3. The quantitative estimate of drug-likeness (QED) is 0.752. The van der Waals surface area contributed by atoms with Crippen LogP contribution in [0.4, 0.5) is 0 Å². The zero-order valence-corrected chi connectivity index (χ0v) is 13.9. The van der Waals surface area contributed by atoms with E-state index in [9.17, 15) is 9.59 Å². The SMILES string of the molecule is CC(Sc1ccc(Cl)cc1)C(=O)NCCC(C)(C)C(=O)O. The highest BCUT2D eigenvalue weighted by molar-refractivity contribution is 8.00. The van der Waals surface area contributed by atoms with Crippen LogP contribution in [0.3, 0.4) is 0 Å². The Morgan fingerprint density at radius 3 is 2.43 bits per heavy atom. The van der Waals surface area contributed by atoms with Gasteiger partial charge in [-0.05, 0) is 51.5 Å². The Balaban J connectivity index is 2.41. The van der Waals surface area contributed by atoms with Gasteiger partial charge in [0.1, 0.15) is 0 Å². The lowest BCUT2D eigenvalue weighted by atomic mass is 9.90. The molecule has 0 heterocycles. The third-order valence-corrected chi connectivity index (χ3v) is 4.49. The van der Waals surface area contributed by atoms with E-state index in [0.29, 0.717) is 18.0 Å². The van der Waals surface area contributed by atoms with Gasteiger partial charge in [-0.25, -0.2) is 0 Å². The molecular formula is C15H20ClNO3S. The van der Waals surface area contributed by atoms with Gasteiger partial charge in [-0.3, -0.25) is 9.59 Å². The van der Waals surface area contributed by atoms with Crippen LogP contribution in [-0.4, -0.2) is 28.8 Å². The van der Waals surface area contributed by atoms with Gasteiger partial charge in [0.15, 0.2) is 0 Å². The molecule has 1 aromatic rings. The maximum atomic E-state index is 12.0. The molecule has 1 aromatic carbocycles. The van der Waals surface area contributed by atoms with Gasteiger partial charge in [0.05, 0.1) is 10.7 Å². The highest BCUT2D eigenvalue weighted by atomic mass is 35.5. The molecule has 4 nitrogen and oxygen atoms in total. The van der Waals surface area contributed by atoms with Crippen LogP contribution >= 0.6 is 23.4 Å². The summed E-state index contributed by atoms with van der Waals surface area (Å²) in [7, 11) is 0. The van der Waals surface area contributed by atoms with E-state index in [1.54, 1.807) is 26.0 Å². The molecular weight excluding hydrogens is 310 g/mol. The third-order valence-electron chi connectivity index (χ3n) is 3.12. The fourth-order valence-electron chi connectivity index (χ4n) is 1.52. The second-order valence-electron chi connectivity index (χ2n) is 5.44. The third kappa shape index (κ3) is 5.98. The molecule has 6 heteroatoms. The zero-order chi connectivity index (χ0) is 16.0. The first kappa shape index (κ1) is 17.9. The second kappa shape index (κ2) is 7.71. The van der Waals surface area contributed by atoms with E-state index in [1.807, 2.05) is 19.1 Å². The summed E-state index contributed by atoms with van der Waals surface area (Å²) in [6, 6.07) is 7.29. The number of hydrogen-bond donors (Lipinski definition) is 2. The molecule has 0 saturated carbocycles. The summed E-state index contributed by atoms with van der Waals surface area (Å²) in [4.78, 5) is 23.9. The van der Waals surface area contributed by atoms with Crippen LogP contribution in [0.5, 0.6) is 0 Å². The molecule has 0 bridgehead atoms. The Labute approximate surface area is 134 Å². The summed E-state index contributed by atoms with van der Waals surface area (Å²) in [5, 5.41) is 12.2. The van der Waals surface area contributed by atoms with Crippen LogP contribution in [0.25, 0.3) is 0 Å². The molecule has 1 amide bonds. The maximum Gasteiger partial charge on any atom is 0.309 e. The van der Waals surface area contributed by atoms with E-state index < -0.39 is 11.4 Å². The van der Waals surface area contributed by atoms with Crippen molar-refractivity contribution in [3.8, 4) is 0 Å². The van der Waals surface area contributed by atoms with Gasteiger partial charge in [-0.2, -0.15) is 0 Å². The highest BCUT2D eigenvalue weighted by Gasteiger charge is 2.26. The molecule has 0 aromatic heterocycles. The number of carboxylic acid groups (broad SMARTS) is 1. The summed E-state index contributed by atoms with van der Waals surface area (Å²) in [5.74, 6) is -0.962. The number of thioether (sulfide) groups is 1. The number of rotatable bonds is 7. The largest absolute Gasteiger partial charge is 0.481 e. The van der Waals surface area contributed by atoms with Gasteiger partial charge in [0.25, 0.3) is 0 Å². The standard InChI is InChI=1S/C15H20ClNO3S/c1-10(21-12-6-4-11(16)5-7-12)13(18)17-9-8-15(2,3)14(19)20/h4-7,10H,8-9H2,1-3H3,(H,17,18)(H,19,20). The van der Waals surface area contributed by atoms with Crippen molar-refractivity contribution in [3.63, 3.8) is 0 Å². The van der Waals surface area contributed by atoms with Crippen molar-refractivity contribution in [3.05, 3.63) is 29.3 Å². The molecule has 21 heavy (non-hydrogen) atoms. The molecule has 1 unspecified atom stereocenters. The van der Waals surface area contributed by atoms with E-state index in [2.05, 4.69) is 5.32 Å². The molecule has 1 rings (SSSR count). The number of carbonyl (C=O) groups excluding carboxylic acids is 1. The number of nitrogens with one attached hydrogen (secondary N) is 1. The van der Waals surface area contributed by atoms with Crippen molar-refractivity contribution in [2.75, 3.05) is 6.54 Å². The fraction of sp³-hybridized carbons (Fsp3) is 0.467. The lowest BCUT2D eigenvalue weighted by Gasteiger charge is -2.19. The monoisotopic (exact) mass is 329 g/mol.